The SMILES string of the molecule is CN(C)CCCNCCCCC(N)=O. The smallest absolute Gasteiger partial charge is 0.217 e. The molecule has 0 aliphatic heterocycles. The standard InChI is InChI=1S/C10H23N3O/c1-13(2)9-5-8-12-7-4-3-6-10(11)14/h12H,3-9H2,1-2H3,(H2,11,14). The molecule has 4 nitrogen and oxygen atoms in total. The molecule has 0 aliphatic rings. The van der Waals surface area contributed by atoms with Gasteiger partial charge in [0, 0.05) is 6.42 Å². The van der Waals surface area contributed by atoms with Crippen molar-refractivity contribution in [2.45, 2.75) is 25.7 Å². The monoisotopic (exact) mass is 201 g/mol. The first kappa shape index (κ1) is 13.4. The van der Waals surface area contributed by atoms with Gasteiger partial charge in [-0.15, -0.1) is 0 Å². The fourth-order valence-corrected chi connectivity index (χ4v) is 1.19. The molecule has 0 fully saturated rings. The molecule has 0 unspecified atom stereocenters. The molecular weight excluding hydrogens is 178 g/mol. The van der Waals surface area contributed by atoms with Crippen LogP contribution in [0.4, 0.5) is 0 Å². The molecule has 0 radical (unpaired) electrons. The largest absolute Gasteiger partial charge is 0.370 e. The average Bonchev–Trinajstić information content (AvgIpc) is 2.08. The molecule has 1 amide bonds. The Kier molecular flexibility index (Phi) is 8.57. The van der Waals surface area contributed by atoms with E-state index in [0.29, 0.717) is 6.42 Å². The minimum absolute atomic E-state index is 0.197. The van der Waals surface area contributed by atoms with Gasteiger partial charge < -0.3 is 16.0 Å². The Morgan fingerprint density at radius 1 is 1.21 bits per heavy atom. The Morgan fingerprint density at radius 2 is 1.86 bits per heavy atom. The summed E-state index contributed by atoms with van der Waals surface area (Å²) >= 11 is 0. The van der Waals surface area contributed by atoms with E-state index in [1.165, 1.54) is 6.42 Å². The van der Waals surface area contributed by atoms with Gasteiger partial charge in [-0.3, -0.25) is 4.79 Å². The van der Waals surface area contributed by atoms with Crippen LogP contribution in [-0.2, 0) is 4.79 Å². The Morgan fingerprint density at radius 3 is 2.43 bits per heavy atom. The minimum atomic E-state index is -0.197. The van der Waals surface area contributed by atoms with Gasteiger partial charge >= 0.3 is 0 Å². The first-order chi connectivity index (χ1) is 6.63. The number of nitrogens with one attached hydrogen (secondary N) is 1. The molecule has 14 heavy (non-hydrogen) atoms. The highest BCUT2D eigenvalue weighted by atomic mass is 16.1. The van der Waals surface area contributed by atoms with Crippen LogP contribution in [0.1, 0.15) is 25.7 Å². The van der Waals surface area contributed by atoms with Crippen LogP contribution < -0.4 is 11.1 Å². The quantitative estimate of drug-likeness (QED) is 0.523. The summed E-state index contributed by atoms with van der Waals surface area (Å²) in [5, 5.41) is 3.34. The molecule has 0 spiro atoms. The van der Waals surface area contributed by atoms with E-state index in [0.717, 1.165) is 32.5 Å². The first-order valence-electron chi connectivity index (χ1n) is 5.26. The highest BCUT2D eigenvalue weighted by Gasteiger charge is 1.94. The van der Waals surface area contributed by atoms with Gasteiger partial charge in [-0.1, -0.05) is 0 Å². The summed E-state index contributed by atoms with van der Waals surface area (Å²) in [7, 11) is 4.15. The van der Waals surface area contributed by atoms with Gasteiger partial charge in [-0.2, -0.15) is 0 Å². The van der Waals surface area contributed by atoms with Crippen LogP contribution in [0.25, 0.3) is 0 Å². The molecule has 0 atom stereocenters. The number of amides is 1. The van der Waals surface area contributed by atoms with Crippen molar-refractivity contribution >= 4 is 5.91 Å². The topological polar surface area (TPSA) is 58.4 Å². The number of primary amides is 1. The third-order valence-electron chi connectivity index (χ3n) is 1.99. The lowest BCUT2D eigenvalue weighted by Gasteiger charge is -2.09. The highest BCUT2D eigenvalue weighted by Crippen LogP contribution is 1.92. The van der Waals surface area contributed by atoms with Crippen molar-refractivity contribution in [3.05, 3.63) is 0 Å². The van der Waals surface area contributed by atoms with Crippen LogP contribution >= 0.6 is 0 Å². The molecule has 0 aromatic carbocycles. The van der Waals surface area contributed by atoms with Crippen LogP contribution in [0.5, 0.6) is 0 Å². The summed E-state index contributed by atoms with van der Waals surface area (Å²) in [5.74, 6) is -0.197. The van der Waals surface area contributed by atoms with E-state index in [-0.39, 0.29) is 5.91 Å². The first-order valence-corrected chi connectivity index (χ1v) is 5.26. The normalized spacial score (nSPS) is 10.8. The predicted octanol–water partition coefficient (Wildman–Crippen LogP) is 0.183. The second-order valence-electron chi connectivity index (χ2n) is 3.83. The minimum Gasteiger partial charge on any atom is -0.370 e. The second-order valence-corrected chi connectivity index (χ2v) is 3.83. The fraction of sp³-hybridized carbons (Fsp3) is 0.900. The number of hydrogen-bond acceptors (Lipinski definition) is 3. The lowest BCUT2D eigenvalue weighted by Crippen LogP contribution is -2.22. The van der Waals surface area contributed by atoms with E-state index in [1.807, 2.05) is 0 Å². The van der Waals surface area contributed by atoms with Gasteiger partial charge in [0.25, 0.3) is 0 Å². The van der Waals surface area contributed by atoms with Crippen molar-refractivity contribution in [3.63, 3.8) is 0 Å². The molecule has 0 aliphatic carbocycles. The van der Waals surface area contributed by atoms with Crippen LogP contribution in [0.3, 0.4) is 0 Å². The van der Waals surface area contributed by atoms with Crippen LogP contribution in [0.2, 0.25) is 0 Å². The van der Waals surface area contributed by atoms with Gasteiger partial charge in [0.2, 0.25) is 5.91 Å². The lowest BCUT2D eigenvalue weighted by atomic mass is 10.2. The fourth-order valence-electron chi connectivity index (χ4n) is 1.19. The summed E-state index contributed by atoms with van der Waals surface area (Å²) in [6, 6.07) is 0. The van der Waals surface area contributed by atoms with Crippen LogP contribution in [-0.4, -0.2) is 44.5 Å². The zero-order valence-corrected chi connectivity index (χ0v) is 9.38. The maximum atomic E-state index is 10.4. The number of hydrogen-bond donors (Lipinski definition) is 2. The van der Waals surface area contributed by atoms with Gasteiger partial charge in [-0.25, -0.2) is 0 Å². The van der Waals surface area contributed by atoms with Gasteiger partial charge in [0.05, 0.1) is 0 Å². The Labute approximate surface area is 86.8 Å². The van der Waals surface area contributed by atoms with Crippen molar-refractivity contribution in [2.24, 2.45) is 5.73 Å². The summed E-state index contributed by atoms with van der Waals surface area (Å²) < 4.78 is 0. The third-order valence-corrected chi connectivity index (χ3v) is 1.99. The molecule has 84 valence electrons. The summed E-state index contributed by atoms with van der Waals surface area (Å²) in [5.41, 5.74) is 5.02. The van der Waals surface area contributed by atoms with Crippen molar-refractivity contribution in [1.82, 2.24) is 10.2 Å². The number of unbranched alkanes of at least 4 members (excludes halogenated alkanes) is 1. The number of nitrogens with zero attached hydrogens (tertiary/aromatic N) is 1. The van der Waals surface area contributed by atoms with Crippen molar-refractivity contribution in [2.75, 3.05) is 33.7 Å². The zero-order chi connectivity index (χ0) is 10.8. The Bertz CT molecular complexity index is 148. The van der Waals surface area contributed by atoms with E-state index in [1.54, 1.807) is 0 Å². The number of carbonyl (C=O) groups excluding carboxylic acids is 1. The van der Waals surface area contributed by atoms with Crippen molar-refractivity contribution in [3.8, 4) is 0 Å². The number of nitrogens with two attached hydrogens (primary N) is 1. The van der Waals surface area contributed by atoms with E-state index in [9.17, 15) is 4.79 Å². The second kappa shape index (κ2) is 8.97. The van der Waals surface area contributed by atoms with Gasteiger partial charge in [0.1, 0.15) is 0 Å². The van der Waals surface area contributed by atoms with Crippen molar-refractivity contribution in [1.29, 1.82) is 0 Å². The van der Waals surface area contributed by atoms with Crippen molar-refractivity contribution < 1.29 is 4.79 Å². The number of carbonyl (C=O) groups is 1. The van der Waals surface area contributed by atoms with E-state index in [4.69, 9.17) is 5.73 Å². The molecule has 0 rings (SSSR count). The molecule has 4 heteroatoms. The number of rotatable bonds is 9. The van der Waals surface area contributed by atoms with E-state index < -0.39 is 0 Å². The molecular formula is C10H23N3O. The molecule has 0 bridgehead atoms. The highest BCUT2D eigenvalue weighted by molar-refractivity contribution is 5.73. The maximum absolute atomic E-state index is 10.4. The van der Waals surface area contributed by atoms with E-state index in [2.05, 4.69) is 24.3 Å². The predicted molar refractivity (Wildman–Crippen MR) is 59.1 cm³/mol. The van der Waals surface area contributed by atoms with Crippen LogP contribution in [0, 0.1) is 0 Å². The zero-order valence-electron chi connectivity index (χ0n) is 9.38. The Balaban J connectivity index is 2.96. The molecule has 0 saturated heterocycles. The average molecular weight is 201 g/mol. The Hall–Kier alpha value is -0.610. The maximum Gasteiger partial charge on any atom is 0.217 e. The van der Waals surface area contributed by atoms with Crippen LogP contribution in [0.15, 0.2) is 0 Å². The summed E-state index contributed by atoms with van der Waals surface area (Å²) in [6.07, 6.45) is 3.61. The summed E-state index contributed by atoms with van der Waals surface area (Å²) in [6.45, 7) is 3.16. The van der Waals surface area contributed by atoms with E-state index >= 15 is 0 Å². The lowest BCUT2D eigenvalue weighted by molar-refractivity contribution is -0.118. The third kappa shape index (κ3) is 11.4. The van der Waals surface area contributed by atoms with Gasteiger partial charge in [0.15, 0.2) is 0 Å². The molecule has 0 heterocycles. The molecule has 0 saturated carbocycles. The molecule has 0 aromatic heterocycles. The molecule has 3 N–H and O–H groups in total. The van der Waals surface area contributed by atoms with Gasteiger partial charge in [-0.05, 0) is 53.0 Å². The molecule has 0 aromatic rings. The summed E-state index contributed by atoms with van der Waals surface area (Å²) in [4.78, 5) is 12.6.